The van der Waals surface area contributed by atoms with Gasteiger partial charge in [-0.05, 0) is 31.1 Å². The zero-order valence-electron chi connectivity index (χ0n) is 34.0. The Hall–Kier alpha value is -1.59. The van der Waals surface area contributed by atoms with Crippen molar-refractivity contribution < 1.29 is 28.6 Å². The summed E-state index contributed by atoms with van der Waals surface area (Å²) < 4.78 is 16.6. The first-order valence-corrected chi connectivity index (χ1v) is 21.7. The van der Waals surface area contributed by atoms with E-state index < -0.39 is 6.10 Å². The van der Waals surface area contributed by atoms with Gasteiger partial charge < -0.3 is 14.2 Å². The summed E-state index contributed by atoms with van der Waals surface area (Å²) in [6.45, 7) is 11.2. The van der Waals surface area contributed by atoms with Crippen molar-refractivity contribution in [1.82, 2.24) is 0 Å². The maximum Gasteiger partial charge on any atom is 0.306 e. The van der Waals surface area contributed by atoms with Gasteiger partial charge in [0.15, 0.2) is 6.10 Å². The van der Waals surface area contributed by atoms with Gasteiger partial charge in [0.2, 0.25) is 0 Å². The molecule has 0 amide bonds. The highest BCUT2D eigenvalue weighted by atomic mass is 16.6. The van der Waals surface area contributed by atoms with Gasteiger partial charge in [-0.15, -0.1) is 0 Å². The van der Waals surface area contributed by atoms with E-state index in [2.05, 4.69) is 34.6 Å². The normalized spacial score (nSPS) is 12.1. The molecule has 6 heteroatoms. The van der Waals surface area contributed by atoms with Crippen LogP contribution in [-0.2, 0) is 28.6 Å². The minimum absolute atomic E-state index is 0.0666. The minimum Gasteiger partial charge on any atom is -0.462 e. The maximum atomic E-state index is 12.6. The lowest BCUT2D eigenvalue weighted by molar-refractivity contribution is -0.167. The Labute approximate surface area is 310 Å². The second kappa shape index (κ2) is 37.2. The average molecular weight is 709 g/mol. The summed E-state index contributed by atoms with van der Waals surface area (Å²) in [4.78, 5) is 37.3. The highest BCUT2D eigenvalue weighted by Crippen LogP contribution is 2.16. The summed E-state index contributed by atoms with van der Waals surface area (Å²) in [5, 5.41) is 0. The fourth-order valence-electron chi connectivity index (χ4n) is 6.40. The molecular formula is C44H84O6. The molecule has 6 nitrogen and oxygen atoms in total. The fraction of sp³-hybridized carbons (Fsp3) is 0.932. The summed E-state index contributed by atoms with van der Waals surface area (Å²) in [5.74, 6) is 0.746. The smallest absolute Gasteiger partial charge is 0.306 e. The number of carbonyl (C=O) groups excluding carboxylic acids is 3. The largest absolute Gasteiger partial charge is 0.462 e. The van der Waals surface area contributed by atoms with Crippen molar-refractivity contribution in [3.05, 3.63) is 0 Å². The van der Waals surface area contributed by atoms with Crippen molar-refractivity contribution >= 4 is 17.9 Å². The Morgan fingerprint density at radius 2 is 0.660 bits per heavy atom. The van der Waals surface area contributed by atoms with Crippen molar-refractivity contribution in [2.45, 2.75) is 240 Å². The monoisotopic (exact) mass is 709 g/mol. The van der Waals surface area contributed by atoms with E-state index in [0.717, 1.165) is 76.0 Å². The molecule has 0 heterocycles. The molecule has 0 unspecified atom stereocenters. The molecule has 0 aromatic carbocycles. The van der Waals surface area contributed by atoms with Gasteiger partial charge in [0.05, 0.1) is 0 Å². The van der Waals surface area contributed by atoms with Crippen LogP contribution in [0.15, 0.2) is 0 Å². The van der Waals surface area contributed by atoms with Gasteiger partial charge in [-0.3, -0.25) is 14.4 Å². The molecule has 296 valence electrons. The van der Waals surface area contributed by atoms with E-state index in [0.29, 0.717) is 19.3 Å². The van der Waals surface area contributed by atoms with Crippen LogP contribution in [0.2, 0.25) is 0 Å². The first-order valence-electron chi connectivity index (χ1n) is 21.7. The molecule has 0 rings (SSSR count). The van der Waals surface area contributed by atoms with E-state index in [1.54, 1.807) is 0 Å². The van der Waals surface area contributed by atoms with Crippen LogP contribution in [0.4, 0.5) is 0 Å². The maximum absolute atomic E-state index is 12.6. The standard InChI is InChI=1S/C44H84O6/c1-6-7-8-22-29-34-42(45)48-37-41(50-44(47)36-31-26-21-17-19-24-28-33-40(4)5)38-49-43(46)35-30-25-20-16-14-12-10-9-11-13-15-18-23-27-32-39(2)3/h39-41H,6-38H2,1-5H3/t41-/m0/s1. The molecule has 0 bridgehead atoms. The van der Waals surface area contributed by atoms with E-state index >= 15 is 0 Å². The summed E-state index contributed by atoms with van der Waals surface area (Å²) >= 11 is 0. The van der Waals surface area contributed by atoms with Gasteiger partial charge >= 0.3 is 17.9 Å². The second-order valence-electron chi connectivity index (χ2n) is 15.9. The van der Waals surface area contributed by atoms with Crippen molar-refractivity contribution in [2.75, 3.05) is 13.2 Å². The van der Waals surface area contributed by atoms with Gasteiger partial charge in [0.25, 0.3) is 0 Å². The third kappa shape index (κ3) is 37.7. The fourth-order valence-corrected chi connectivity index (χ4v) is 6.40. The number of hydrogen-bond donors (Lipinski definition) is 0. The number of esters is 3. The number of rotatable bonds is 38. The van der Waals surface area contributed by atoms with Crippen LogP contribution in [0.1, 0.15) is 234 Å². The first-order chi connectivity index (χ1) is 24.2. The Kier molecular flexibility index (Phi) is 36.0. The third-order valence-corrected chi connectivity index (χ3v) is 9.72. The van der Waals surface area contributed by atoms with E-state index in [1.807, 2.05) is 0 Å². The lowest BCUT2D eigenvalue weighted by atomic mass is 10.0. The molecule has 0 aliphatic heterocycles. The predicted molar refractivity (Wildman–Crippen MR) is 210 cm³/mol. The molecular weight excluding hydrogens is 624 g/mol. The number of unbranched alkanes of at least 4 members (excludes halogenated alkanes) is 23. The molecule has 0 aliphatic carbocycles. The molecule has 0 aliphatic rings. The van der Waals surface area contributed by atoms with Crippen molar-refractivity contribution in [2.24, 2.45) is 11.8 Å². The lowest BCUT2D eigenvalue weighted by Crippen LogP contribution is -2.30. The molecule has 0 saturated heterocycles. The highest BCUT2D eigenvalue weighted by molar-refractivity contribution is 5.71. The van der Waals surface area contributed by atoms with E-state index in [4.69, 9.17) is 14.2 Å². The third-order valence-electron chi connectivity index (χ3n) is 9.72. The molecule has 1 atom stereocenters. The lowest BCUT2D eigenvalue weighted by Gasteiger charge is -2.18. The highest BCUT2D eigenvalue weighted by Gasteiger charge is 2.19. The van der Waals surface area contributed by atoms with Gasteiger partial charge in [-0.25, -0.2) is 0 Å². The average Bonchev–Trinajstić information content (AvgIpc) is 3.08. The Morgan fingerprint density at radius 3 is 0.980 bits per heavy atom. The summed E-state index contributed by atoms with van der Waals surface area (Å²) in [5.41, 5.74) is 0. The van der Waals surface area contributed by atoms with Crippen LogP contribution in [0.5, 0.6) is 0 Å². The predicted octanol–water partition coefficient (Wildman–Crippen LogP) is 13.4. The topological polar surface area (TPSA) is 78.9 Å². The van der Waals surface area contributed by atoms with E-state index in [9.17, 15) is 14.4 Å². The molecule has 0 saturated carbocycles. The summed E-state index contributed by atoms with van der Waals surface area (Å²) in [6, 6.07) is 0. The second-order valence-corrected chi connectivity index (χ2v) is 15.9. The van der Waals surface area contributed by atoms with Crippen molar-refractivity contribution in [3.8, 4) is 0 Å². The molecule has 0 aromatic rings. The molecule has 0 aromatic heterocycles. The quantitative estimate of drug-likeness (QED) is 0.0361. The van der Waals surface area contributed by atoms with Crippen molar-refractivity contribution in [3.63, 3.8) is 0 Å². The van der Waals surface area contributed by atoms with E-state index in [-0.39, 0.29) is 31.1 Å². The minimum atomic E-state index is -0.758. The Morgan fingerprint density at radius 1 is 0.380 bits per heavy atom. The van der Waals surface area contributed by atoms with Crippen LogP contribution in [0.25, 0.3) is 0 Å². The first kappa shape index (κ1) is 48.4. The molecule has 50 heavy (non-hydrogen) atoms. The molecule has 0 radical (unpaired) electrons. The summed E-state index contributed by atoms with van der Waals surface area (Å²) in [7, 11) is 0. The van der Waals surface area contributed by atoms with Gasteiger partial charge in [0.1, 0.15) is 13.2 Å². The number of ether oxygens (including phenoxy) is 3. The zero-order valence-corrected chi connectivity index (χ0v) is 34.0. The SMILES string of the molecule is CCCCCCCC(=O)OC[C@@H](COC(=O)CCCCCCCCCCCCCCCCC(C)C)OC(=O)CCCCCCCCCC(C)C. The molecule has 0 fully saturated rings. The van der Waals surface area contributed by atoms with Crippen LogP contribution in [0.3, 0.4) is 0 Å². The number of hydrogen-bond acceptors (Lipinski definition) is 6. The van der Waals surface area contributed by atoms with E-state index in [1.165, 1.54) is 116 Å². The Bertz CT molecular complexity index is 764. The van der Waals surface area contributed by atoms with Gasteiger partial charge in [0, 0.05) is 19.3 Å². The summed E-state index contributed by atoms with van der Waals surface area (Å²) in [6.07, 6.45) is 34.1. The van der Waals surface area contributed by atoms with Gasteiger partial charge in [-0.2, -0.15) is 0 Å². The van der Waals surface area contributed by atoms with Crippen LogP contribution < -0.4 is 0 Å². The van der Waals surface area contributed by atoms with Crippen LogP contribution >= 0.6 is 0 Å². The van der Waals surface area contributed by atoms with Gasteiger partial charge in [-0.1, -0.05) is 195 Å². The molecule has 0 spiro atoms. The van der Waals surface area contributed by atoms with Crippen LogP contribution in [-0.4, -0.2) is 37.2 Å². The molecule has 0 N–H and O–H groups in total. The number of carbonyl (C=O) groups is 3. The zero-order chi connectivity index (χ0) is 36.9. The Balaban J connectivity index is 4.15. The van der Waals surface area contributed by atoms with Crippen molar-refractivity contribution in [1.29, 1.82) is 0 Å². The van der Waals surface area contributed by atoms with Crippen LogP contribution in [0, 0.1) is 11.8 Å².